The number of hydrogen-bond donors (Lipinski definition) is 0. The van der Waals surface area contributed by atoms with Gasteiger partial charge in [-0.1, -0.05) is 76.7 Å². The van der Waals surface area contributed by atoms with Crippen molar-refractivity contribution in [2.24, 2.45) is 0 Å². The molecule has 1 heterocycles. The topological polar surface area (TPSA) is 14.2 Å². The van der Waals surface area contributed by atoms with Crippen molar-refractivity contribution in [2.45, 2.75) is 71.3 Å². The molecule has 0 N–H and O–H groups in total. The molecule has 0 bridgehead atoms. The zero-order valence-electron chi connectivity index (χ0n) is 16.5. The lowest BCUT2D eigenvalue weighted by Gasteiger charge is -2.30. The molecule has 0 fully saturated rings. The van der Waals surface area contributed by atoms with Crippen LogP contribution in [0.4, 0.5) is 0 Å². The summed E-state index contributed by atoms with van der Waals surface area (Å²) in [5, 5.41) is 2.96. The van der Waals surface area contributed by atoms with Gasteiger partial charge in [0.1, 0.15) is 14.8 Å². The van der Waals surface area contributed by atoms with Crippen LogP contribution in [-0.2, 0) is 11.5 Å². The summed E-state index contributed by atoms with van der Waals surface area (Å²) in [7, 11) is -2.46. The van der Waals surface area contributed by atoms with Crippen molar-refractivity contribution in [3.63, 3.8) is 0 Å². The molecule has 2 aromatic rings. The second-order valence-corrected chi connectivity index (χ2v) is 19.0. The highest BCUT2D eigenvalue weighted by Crippen LogP contribution is 2.25. The zero-order chi connectivity index (χ0) is 17.8. The molecular weight excluding hydrogens is 326 g/mol. The highest BCUT2D eigenvalue weighted by Gasteiger charge is 2.33. The highest BCUT2D eigenvalue weighted by atomic mass is 28.3. The summed E-state index contributed by atoms with van der Waals surface area (Å²) in [5.74, 6) is 0. The third-order valence-electron chi connectivity index (χ3n) is 5.60. The van der Waals surface area contributed by atoms with E-state index in [-0.39, 0.29) is 0 Å². The number of ether oxygens (including phenoxy) is 1. The minimum Gasteiger partial charge on any atom is -0.361 e. The quantitative estimate of drug-likeness (QED) is 0.414. The normalized spacial score (nSPS) is 12.9. The minimum atomic E-state index is -1.43. The number of aromatic nitrogens is 1. The van der Waals surface area contributed by atoms with E-state index in [1.165, 1.54) is 35.1 Å². The Labute approximate surface area is 150 Å². The fourth-order valence-corrected chi connectivity index (χ4v) is 8.18. The lowest BCUT2D eigenvalue weighted by molar-refractivity contribution is 0.0919. The molecule has 0 saturated carbocycles. The maximum absolute atomic E-state index is 6.15. The molecule has 0 amide bonds. The molecule has 134 valence electrons. The van der Waals surface area contributed by atoms with Gasteiger partial charge in [-0.2, -0.15) is 0 Å². The lowest BCUT2D eigenvalue weighted by Crippen LogP contribution is -2.49. The van der Waals surface area contributed by atoms with Crippen molar-refractivity contribution in [1.29, 1.82) is 0 Å². The second kappa shape index (κ2) is 8.02. The van der Waals surface area contributed by atoms with Crippen molar-refractivity contribution in [1.82, 2.24) is 4.57 Å². The molecule has 2 rings (SSSR count). The van der Waals surface area contributed by atoms with Gasteiger partial charge in [0.05, 0.1) is 0 Å². The number of rotatable bonds is 9. The predicted molar refractivity (Wildman–Crippen MR) is 113 cm³/mol. The molecule has 0 saturated heterocycles. The smallest absolute Gasteiger partial charge is 0.122 e. The number of hydrogen-bond acceptors (Lipinski definition) is 1. The van der Waals surface area contributed by atoms with Crippen molar-refractivity contribution < 1.29 is 4.74 Å². The van der Waals surface area contributed by atoms with Gasteiger partial charge in [-0.15, -0.1) is 0 Å². The average molecular weight is 362 g/mol. The van der Waals surface area contributed by atoms with Gasteiger partial charge in [-0.3, -0.25) is 0 Å². The zero-order valence-corrected chi connectivity index (χ0v) is 18.5. The van der Waals surface area contributed by atoms with Crippen LogP contribution in [0.3, 0.4) is 0 Å². The van der Waals surface area contributed by atoms with E-state index in [0.29, 0.717) is 6.73 Å². The molecule has 1 aromatic carbocycles. The van der Waals surface area contributed by atoms with Gasteiger partial charge in [-0.05, 0) is 23.6 Å². The third kappa shape index (κ3) is 4.21. The van der Waals surface area contributed by atoms with Crippen LogP contribution in [0.5, 0.6) is 0 Å². The molecule has 0 aliphatic heterocycles. The van der Waals surface area contributed by atoms with Crippen LogP contribution in [0, 0.1) is 0 Å². The van der Waals surface area contributed by atoms with Gasteiger partial charge in [-0.25, -0.2) is 0 Å². The van der Waals surface area contributed by atoms with Crippen molar-refractivity contribution in [3.05, 3.63) is 30.3 Å². The Morgan fingerprint density at radius 3 is 2.17 bits per heavy atom. The number of nitrogens with zero attached hydrogens (tertiary/aromatic N) is 1. The molecule has 0 atom stereocenters. The van der Waals surface area contributed by atoms with Crippen molar-refractivity contribution in [3.8, 4) is 0 Å². The summed E-state index contributed by atoms with van der Waals surface area (Å²) < 4.78 is 8.64. The SMILES string of the molecule is CC[Si](CC)(CC)c1cc2ccccc2n1COCC[Si](C)(C)C. The Morgan fingerprint density at radius 1 is 0.958 bits per heavy atom. The van der Waals surface area contributed by atoms with Crippen LogP contribution in [0.15, 0.2) is 30.3 Å². The summed E-state index contributed by atoms with van der Waals surface area (Å²) in [5.41, 5.74) is 1.34. The molecule has 0 aliphatic rings. The number of fused-ring (bicyclic) bond motifs is 1. The van der Waals surface area contributed by atoms with Crippen LogP contribution in [0.2, 0.25) is 43.8 Å². The minimum absolute atomic E-state index is 0.710. The van der Waals surface area contributed by atoms with Gasteiger partial charge in [0.15, 0.2) is 0 Å². The summed E-state index contributed by atoms with van der Waals surface area (Å²) >= 11 is 0. The molecule has 0 radical (unpaired) electrons. The van der Waals surface area contributed by atoms with E-state index in [1.807, 2.05) is 0 Å². The molecule has 24 heavy (non-hydrogen) atoms. The van der Waals surface area contributed by atoms with Gasteiger partial charge in [0.25, 0.3) is 0 Å². The summed E-state index contributed by atoms with van der Waals surface area (Å²) in [6, 6.07) is 16.4. The molecule has 0 aliphatic carbocycles. The van der Waals surface area contributed by atoms with E-state index in [0.717, 1.165) is 6.61 Å². The van der Waals surface area contributed by atoms with E-state index >= 15 is 0 Å². The van der Waals surface area contributed by atoms with Gasteiger partial charge >= 0.3 is 0 Å². The van der Waals surface area contributed by atoms with Crippen LogP contribution in [0.1, 0.15) is 20.8 Å². The lowest BCUT2D eigenvalue weighted by atomic mass is 10.2. The molecule has 1 aromatic heterocycles. The maximum Gasteiger partial charge on any atom is 0.122 e. The Kier molecular flexibility index (Phi) is 6.51. The van der Waals surface area contributed by atoms with Crippen molar-refractivity contribution in [2.75, 3.05) is 6.61 Å². The van der Waals surface area contributed by atoms with Crippen LogP contribution in [-0.4, -0.2) is 27.3 Å². The van der Waals surface area contributed by atoms with E-state index in [9.17, 15) is 0 Å². The molecule has 2 nitrogen and oxygen atoms in total. The predicted octanol–water partition coefficient (Wildman–Crippen LogP) is 5.67. The maximum atomic E-state index is 6.15. The van der Waals surface area contributed by atoms with Crippen LogP contribution in [0.25, 0.3) is 10.9 Å². The summed E-state index contributed by atoms with van der Waals surface area (Å²) in [4.78, 5) is 0. The second-order valence-electron chi connectivity index (χ2n) is 8.21. The first-order valence-corrected chi connectivity index (χ1v) is 15.9. The third-order valence-corrected chi connectivity index (χ3v) is 12.9. The molecular formula is C20H35NOSi2. The van der Waals surface area contributed by atoms with E-state index in [1.54, 1.807) is 5.32 Å². The van der Waals surface area contributed by atoms with Crippen LogP contribution < -0.4 is 5.32 Å². The number of benzene rings is 1. The first kappa shape index (κ1) is 19.5. The first-order valence-electron chi connectivity index (χ1n) is 9.53. The Hall–Kier alpha value is -0.846. The Bertz CT molecular complexity index is 645. The first-order chi connectivity index (χ1) is 11.4. The molecule has 4 heteroatoms. The van der Waals surface area contributed by atoms with E-state index < -0.39 is 16.1 Å². The largest absolute Gasteiger partial charge is 0.361 e. The van der Waals surface area contributed by atoms with Crippen molar-refractivity contribution >= 4 is 32.4 Å². The van der Waals surface area contributed by atoms with Gasteiger partial charge in [0.2, 0.25) is 0 Å². The van der Waals surface area contributed by atoms with E-state index in [4.69, 9.17) is 4.74 Å². The summed E-state index contributed by atoms with van der Waals surface area (Å²) in [6.07, 6.45) is 0. The average Bonchev–Trinajstić information content (AvgIpc) is 2.92. The summed E-state index contributed by atoms with van der Waals surface area (Å²) in [6.45, 7) is 16.0. The van der Waals surface area contributed by atoms with E-state index in [2.05, 4.69) is 75.3 Å². The van der Waals surface area contributed by atoms with Gasteiger partial charge < -0.3 is 9.30 Å². The Morgan fingerprint density at radius 2 is 1.58 bits per heavy atom. The molecule has 0 unspecified atom stereocenters. The monoisotopic (exact) mass is 361 g/mol. The Balaban J connectivity index is 2.33. The standard InChI is InChI=1S/C20H35NOSi2/c1-7-24(8-2,9-3)20-16-18-12-10-11-13-19(18)21(20)17-22-14-15-23(4,5)6/h10-13,16H,7-9,14-15,17H2,1-6H3. The molecule has 0 spiro atoms. The highest BCUT2D eigenvalue weighted by molar-refractivity contribution is 6.91. The van der Waals surface area contributed by atoms with Crippen LogP contribution >= 0.6 is 0 Å². The fraction of sp³-hybridized carbons (Fsp3) is 0.600. The van der Waals surface area contributed by atoms with Gasteiger partial charge in [0, 0.05) is 25.5 Å². The number of para-hydroxylation sites is 1. The fourth-order valence-electron chi connectivity index (χ4n) is 3.62.